The zero-order chi connectivity index (χ0) is 15.6. The summed E-state index contributed by atoms with van der Waals surface area (Å²) in [6.45, 7) is 0. The number of halogens is 3. The number of hydrogen-bond acceptors (Lipinski definition) is 3. The highest BCUT2D eigenvalue weighted by Gasteiger charge is 2.21. The van der Waals surface area contributed by atoms with E-state index in [0.29, 0.717) is 26.6 Å². The van der Waals surface area contributed by atoms with Crippen molar-refractivity contribution < 1.29 is 13.9 Å². The predicted molar refractivity (Wildman–Crippen MR) is 84.7 cm³/mol. The summed E-state index contributed by atoms with van der Waals surface area (Å²) in [6, 6.07) is 7.34. The van der Waals surface area contributed by atoms with Gasteiger partial charge >= 0.3 is 0 Å². The fourth-order valence-corrected chi connectivity index (χ4v) is 3.01. The van der Waals surface area contributed by atoms with Gasteiger partial charge in [-0.1, -0.05) is 33.6 Å². The molecule has 0 aromatic heterocycles. The molecule has 112 valence electrons. The first-order valence-electron chi connectivity index (χ1n) is 6.10. The van der Waals surface area contributed by atoms with Crippen LogP contribution in [0.2, 0.25) is 5.02 Å². The molecule has 0 amide bonds. The average molecular weight is 375 g/mol. The third-order valence-corrected chi connectivity index (χ3v) is 4.19. The molecule has 2 N–H and O–H groups in total. The van der Waals surface area contributed by atoms with Gasteiger partial charge in [0.1, 0.15) is 22.3 Å². The van der Waals surface area contributed by atoms with Gasteiger partial charge in [-0.05, 0) is 29.8 Å². The van der Waals surface area contributed by atoms with Crippen molar-refractivity contribution in [1.29, 1.82) is 0 Å². The van der Waals surface area contributed by atoms with E-state index in [2.05, 4.69) is 15.9 Å². The molecule has 0 radical (unpaired) electrons. The van der Waals surface area contributed by atoms with Gasteiger partial charge in [-0.2, -0.15) is 0 Å². The zero-order valence-electron chi connectivity index (χ0n) is 11.5. The minimum atomic E-state index is -0.515. The Balaban J connectivity index is 2.52. The molecule has 0 aliphatic carbocycles. The first-order valence-corrected chi connectivity index (χ1v) is 7.27. The number of nitrogens with two attached hydrogens (primary N) is 1. The number of ether oxygens (including phenoxy) is 2. The van der Waals surface area contributed by atoms with Crippen molar-refractivity contribution in [2.75, 3.05) is 14.2 Å². The summed E-state index contributed by atoms with van der Waals surface area (Å²) >= 11 is 9.55. The van der Waals surface area contributed by atoms with Crippen LogP contribution in [0, 0.1) is 5.82 Å². The second-order valence-electron chi connectivity index (χ2n) is 4.35. The van der Waals surface area contributed by atoms with E-state index < -0.39 is 6.04 Å². The lowest BCUT2D eigenvalue weighted by Gasteiger charge is -2.19. The molecule has 1 unspecified atom stereocenters. The molecule has 0 fully saturated rings. The molecular weight excluding hydrogens is 361 g/mol. The standard InChI is InChI=1S/C15H14BrClFNO2/c1-20-12-6-5-10(15(21-2)13(12)17)14(19)9-4-3-8(18)7-11(9)16/h3-7,14H,19H2,1-2H3. The lowest BCUT2D eigenvalue weighted by atomic mass is 9.98. The van der Waals surface area contributed by atoms with Crippen molar-refractivity contribution in [3.8, 4) is 11.5 Å². The summed E-state index contributed by atoms with van der Waals surface area (Å²) in [5, 5.41) is 0.353. The van der Waals surface area contributed by atoms with Crippen molar-refractivity contribution in [2.45, 2.75) is 6.04 Å². The summed E-state index contributed by atoms with van der Waals surface area (Å²) in [4.78, 5) is 0. The van der Waals surface area contributed by atoms with Crippen LogP contribution in [-0.2, 0) is 0 Å². The van der Waals surface area contributed by atoms with Gasteiger partial charge in [-0.25, -0.2) is 4.39 Å². The van der Waals surface area contributed by atoms with Gasteiger partial charge in [0.25, 0.3) is 0 Å². The van der Waals surface area contributed by atoms with Crippen LogP contribution in [-0.4, -0.2) is 14.2 Å². The Labute approximate surface area is 135 Å². The molecule has 0 saturated heterocycles. The maximum atomic E-state index is 13.2. The molecule has 21 heavy (non-hydrogen) atoms. The fourth-order valence-electron chi connectivity index (χ4n) is 2.08. The number of rotatable bonds is 4. The maximum Gasteiger partial charge on any atom is 0.146 e. The molecular formula is C15H14BrClFNO2. The quantitative estimate of drug-likeness (QED) is 0.867. The molecule has 0 bridgehead atoms. The van der Waals surface area contributed by atoms with Gasteiger partial charge < -0.3 is 15.2 Å². The minimum absolute atomic E-state index is 0.336. The van der Waals surface area contributed by atoms with Gasteiger partial charge in [0.05, 0.1) is 20.3 Å². The van der Waals surface area contributed by atoms with E-state index in [4.69, 9.17) is 26.8 Å². The first kappa shape index (κ1) is 16.1. The van der Waals surface area contributed by atoms with Crippen LogP contribution in [0.3, 0.4) is 0 Å². The van der Waals surface area contributed by atoms with Crippen LogP contribution < -0.4 is 15.2 Å². The molecule has 1 atom stereocenters. The van der Waals surface area contributed by atoms with Gasteiger partial charge in [-0.3, -0.25) is 0 Å². The molecule has 2 aromatic rings. The van der Waals surface area contributed by atoms with Crippen molar-refractivity contribution in [2.24, 2.45) is 5.73 Å². The second kappa shape index (κ2) is 6.64. The van der Waals surface area contributed by atoms with Crippen LogP contribution in [0.4, 0.5) is 4.39 Å². The monoisotopic (exact) mass is 373 g/mol. The minimum Gasteiger partial charge on any atom is -0.495 e. The average Bonchev–Trinajstić information content (AvgIpc) is 2.46. The Morgan fingerprint density at radius 3 is 2.38 bits per heavy atom. The van der Waals surface area contributed by atoms with E-state index in [1.54, 1.807) is 18.2 Å². The lowest BCUT2D eigenvalue weighted by Crippen LogP contribution is -2.14. The number of methoxy groups -OCH3 is 2. The van der Waals surface area contributed by atoms with Crippen LogP contribution in [0.25, 0.3) is 0 Å². The highest BCUT2D eigenvalue weighted by atomic mass is 79.9. The van der Waals surface area contributed by atoms with Gasteiger partial charge in [-0.15, -0.1) is 0 Å². The molecule has 6 heteroatoms. The molecule has 0 aliphatic rings. The normalized spacial score (nSPS) is 12.1. The summed E-state index contributed by atoms with van der Waals surface area (Å²) in [6.07, 6.45) is 0. The van der Waals surface area contributed by atoms with Crippen LogP contribution in [0.5, 0.6) is 11.5 Å². The first-order chi connectivity index (χ1) is 9.99. The van der Waals surface area contributed by atoms with Crippen molar-refractivity contribution >= 4 is 27.5 Å². The Morgan fingerprint density at radius 2 is 1.81 bits per heavy atom. The number of hydrogen-bond donors (Lipinski definition) is 1. The third kappa shape index (κ3) is 3.15. The van der Waals surface area contributed by atoms with Gasteiger partial charge in [0, 0.05) is 10.0 Å². The van der Waals surface area contributed by atoms with Crippen LogP contribution in [0.15, 0.2) is 34.8 Å². The summed E-state index contributed by atoms with van der Waals surface area (Å²) in [5.41, 5.74) is 7.69. The van der Waals surface area contributed by atoms with Crippen molar-refractivity contribution in [3.63, 3.8) is 0 Å². The lowest BCUT2D eigenvalue weighted by molar-refractivity contribution is 0.390. The summed E-state index contributed by atoms with van der Waals surface area (Å²) in [5.74, 6) is 0.611. The topological polar surface area (TPSA) is 44.5 Å². The third-order valence-electron chi connectivity index (χ3n) is 3.15. The van der Waals surface area contributed by atoms with E-state index >= 15 is 0 Å². The van der Waals surface area contributed by atoms with E-state index in [1.807, 2.05) is 0 Å². The Morgan fingerprint density at radius 1 is 1.14 bits per heavy atom. The van der Waals surface area contributed by atoms with Gasteiger partial charge in [0.2, 0.25) is 0 Å². The highest BCUT2D eigenvalue weighted by Crippen LogP contribution is 2.41. The smallest absolute Gasteiger partial charge is 0.146 e. The molecule has 0 heterocycles. The summed E-state index contributed by atoms with van der Waals surface area (Å²) in [7, 11) is 3.04. The van der Waals surface area contributed by atoms with Crippen molar-refractivity contribution in [1.82, 2.24) is 0 Å². The SMILES string of the molecule is COc1ccc(C(N)c2ccc(F)cc2Br)c(OC)c1Cl. The molecule has 3 nitrogen and oxygen atoms in total. The largest absolute Gasteiger partial charge is 0.495 e. The molecule has 0 spiro atoms. The van der Waals surface area contributed by atoms with Gasteiger partial charge in [0.15, 0.2) is 0 Å². The van der Waals surface area contributed by atoms with E-state index in [0.717, 1.165) is 5.56 Å². The molecule has 2 aromatic carbocycles. The van der Waals surface area contributed by atoms with E-state index in [-0.39, 0.29) is 5.82 Å². The van der Waals surface area contributed by atoms with Crippen molar-refractivity contribution in [3.05, 3.63) is 56.8 Å². The molecule has 2 rings (SSSR count). The fraction of sp³-hybridized carbons (Fsp3) is 0.200. The molecule has 0 saturated carbocycles. The predicted octanol–water partition coefficient (Wildman–Crippen LogP) is 4.31. The number of benzene rings is 2. The van der Waals surface area contributed by atoms with Crippen LogP contribution >= 0.6 is 27.5 Å². The highest BCUT2D eigenvalue weighted by molar-refractivity contribution is 9.10. The molecule has 0 aliphatic heterocycles. The van der Waals surface area contributed by atoms with E-state index in [9.17, 15) is 4.39 Å². The summed E-state index contributed by atoms with van der Waals surface area (Å²) < 4.78 is 24.3. The second-order valence-corrected chi connectivity index (χ2v) is 5.58. The Hall–Kier alpha value is -1.30. The Bertz CT molecular complexity index is 666. The van der Waals surface area contributed by atoms with Crippen LogP contribution in [0.1, 0.15) is 17.2 Å². The maximum absolute atomic E-state index is 13.2. The van der Waals surface area contributed by atoms with E-state index in [1.165, 1.54) is 26.4 Å². The zero-order valence-corrected chi connectivity index (χ0v) is 13.8. The Kier molecular flexibility index (Phi) is 5.08.